The highest BCUT2D eigenvalue weighted by atomic mass is 16.4. The van der Waals surface area contributed by atoms with Crippen molar-refractivity contribution in [3.63, 3.8) is 0 Å². The van der Waals surface area contributed by atoms with E-state index in [0.717, 1.165) is 12.0 Å². The van der Waals surface area contributed by atoms with Gasteiger partial charge in [0.05, 0.1) is 0 Å². The van der Waals surface area contributed by atoms with Crippen LogP contribution in [-0.2, 0) is 11.3 Å². The van der Waals surface area contributed by atoms with Crippen LogP contribution in [0.5, 0.6) is 0 Å². The van der Waals surface area contributed by atoms with Crippen molar-refractivity contribution in [2.75, 3.05) is 0 Å². The molecule has 1 aromatic carbocycles. The number of carboxylic acid groups (broad SMARTS) is 1. The van der Waals surface area contributed by atoms with Crippen LogP contribution in [0.4, 0.5) is 0 Å². The first-order chi connectivity index (χ1) is 8.86. The fraction of sp³-hybridized carbons (Fsp3) is 0.562. The Bertz CT molecular complexity index is 455. The Balaban J connectivity index is 2.16. The Hall–Kier alpha value is -1.35. The van der Waals surface area contributed by atoms with Crippen LogP contribution < -0.4 is 5.32 Å². The van der Waals surface area contributed by atoms with E-state index in [9.17, 15) is 9.90 Å². The molecule has 0 heterocycles. The fourth-order valence-electron chi connectivity index (χ4n) is 3.46. The minimum absolute atomic E-state index is 0.0848. The summed E-state index contributed by atoms with van der Waals surface area (Å²) in [5.41, 5.74) is 0.418. The third-order valence-corrected chi connectivity index (χ3v) is 4.29. The molecule has 2 rings (SSSR count). The molecule has 0 radical (unpaired) electrons. The van der Waals surface area contributed by atoms with Crippen molar-refractivity contribution in [2.24, 2.45) is 11.3 Å². The van der Waals surface area contributed by atoms with Gasteiger partial charge in [0.2, 0.25) is 0 Å². The maximum Gasteiger partial charge on any atom is 0.324 e. The normalized spacial score (nSPS) is 29.3. The largest absolute Gasteiger partial charge is 0.480 e. The Labute approximate surface area is 115 Å². The average molecular weight is 261 g/mol. The zero-order valence-electron chi connectivity index (χ0n) is 11.9. The third-order valence-electron chi connectivity index (χ3n) is 4.29. The number of hydrogen-bond donors (Lipinski definition) is 2. The molecule has 104 valence electrons. The summed E-state index contributed by atoms with van der Waals surface area (Å²) in [5.74, 6) is -0.579. The van der Waals surface area contributed by atoms with Gasteiger partial charge in [0.25, 0.3) is 0 Å². The quantitative estimate of drug-likeness (QED) is 0.875. The highest BCUT2D eigenvalue weighted by molar-refractivity contribution is 5.80. The Morgan fingerprint density at radius 2 is 2.00 bits per heavy atom. The summed E-state index contributed by atoms with van der Waals surface area (Å²) >= 11 is 0. The van der Waals surface area contributed by atoms with Gasteiger partial charge in [-0.05, 0) is 29.7 Å². The Morgan fingerprint density at radius 1 is 1.37 bits per heavy atom. The summed E-state index contributed by atoms with van der Waals surface area (Å²) in [7, 11) is 0. The molecule has 2 N–H and O–H groups in total. The fourth-order valence-corrected chi connectivity index (χ4v) is 3.46. The van der Waals surface area contributed by atoms with Crippen LogP contribution in [-0.4, -0.2) is 16.6 Å². The van der Waals surface area contributed by atoms with E-state index in [-0.39, 0.29) is 11.3 Å². The van der Waals surface area contributed by atoms with Crippen LogP contribution >= 0.6 is 0 Å². The highest BCUT2D eigenvalue weighted by Gasteiger charge is 2.53. The lowest BCUT2D eigenvalue weighted by Crippen LogP contribution is -2.54. The Kier molecular flexibility index (Phi) is 3.68. The lowest BCUT2D eigenvalue weighted by Gasteiger charge is -2.31. The van der Waals surface area contributed by atoms with Crippen LogP contribution in [0.15, 0.2) is 30.3 Å². The molecule has 2 atom stereocenters. The molecule has 0 aromatic heterocycles. The van der Waals surface area contributed by atoms with Gasteiger partial charge in [0, 0.05) is 6.54 Å². The molecule has 1 aromatic rings. The van der Waals surface area contributed by atoms with E-state index in [0.29, 0.717) is 13.0 Å². The van der Waals surface area contributed by atoms with Crippen molar-refractivity contribution in [2.45, 2.75) is 45.7 Å². The number of hydrogen-bond acceptors (Lipinski definition) is 2. The molecular weight excluding hydrogens is 238 g/mol. The van der Waals surface area contributed by atoms with E-state index < -0.39 is 11.5 Å². The zero-order valence-corrected chi connectivity index (χ0v) is 11.9. The molecule has 0 aliphatic heterocycles. The summed E-state index contributed by atoms with van der Waals surface area (Å²) in [5, 5.41) is 13.0. The topological polar surface area (TPSA) is 49.3 Å². The summed E-state index contributed by atoms with van der Waals surface area (Å²) in [6.45, 7) is 6.95. The average Bonchev–Trinajstić information content (AvgIpc) is 2.58. The molecule has 2 unspecified atom stereocenters. The van der Waals surface area contributed by atoms with Gasteiger partial charge >= 0.3 is 5.97 Å². The molecule has 0 spiro atoms. The molecule has 3 heteroatoms. The van der Waals surface area contributed by atoms with Crippen molar-refractivity contribution in [1.29, 1.82) is 0 Å². The number of aliphatic carboxylic acids is 1. The van der Waals surface area contributed by atoms with Crippen molar-refractivity contribution in [3.8, 4) is 0 Å². The number of rotatable bonds is 4. The van der Waals surface area contributed by atoms with Crippen molar-refractivity contribution < 1.29 is 9.90 Å². The third kappa shape index (κ3) is 2.81. The second-order valence-electron chi connectivity index (χ2n) is 6.56. The monoisotopic (exact) mass is 261 g/mol. The smallest absolute Gasteiger partial charge is 0.324 e. The summed E-state index contributed by atoms with van der Waals surface area (Å²) < 4.78 is 0. The van der Waals surface area contributed by atoms with E-state index >= 15 is 0 Å². The van der Waals surface area contributed by atoms with Gasteiger partial charge < -0.3 is 5.11 Å². The van der Waals surface area contributed by atoms with E-state index in [1.807, 2.05) is 37.3 Å². The minimum Gasteiger partial charge on any atom is -0.480 e. The Morgan fingerprint density at radius 3 is 2.47 bits per heavy atom. The molecule has 0 amide bonds. The molecule has 1 fully saturated rings. The van der Waals surface area contributed by atoms with Gasteiger partial charge in [0.15, 0.2) is 0 Å². The number of benzene rings is 1. The van der Waals surface area contributed by atoms with Gasteiger partial charge in [-0.1, -0.05) is 51.1 Å². The van der Waals surface area contributed by atoms with Crippen LogP contribution in [0, 0.1) is 11.3 Å². The number of carboxylic acids is 1. The van der Waals surface area contributed by atoms with Crippen LogP contribution in [0.25, 0.3) is 0 Å². The highest BCUT2D eigenvalue weighted by Crippen LogP contribution is 2.47. The van der Waals surface area contributed by atoms with Gasteiger partial charge in [-0.15, -0.1) is 0 Å². The molecular formula is C16H23NO2. The summed E-state index contributed by atoms with van der Waals surface area (Å²) in [4.78, 5) is 11.8. The lowest BCUT2D eigenvalue weighted by atomic mass is 9.86. The number of carbonyl (C=O) groups is 1. The SMILES string of the molecule is CC1CC(C)(C)CC1(NCc1ccccc1)C(=O)O. The molecule has 1 saturated carbocycles. The van der Waals surface area contributed by atoms with Gasteiger partial charge in [-0.2, -0.15) is 0 Å². The second-order valence-corrected chi connectivity index (χ2v) is 6.56. The summed E-state index contributed by atoms with van der Waals surface area (Å²) in [6.07, 6.45) is 1.63. The predicted octanol–water partition coefficient (Wildman–Crippen LogP) is 3.06. The first-order valence-electron chi connectivity index (χ1n) is 6.88. The van der Waals surface area contributed by atoms with E-state index in [1.165, 1.54) is 0 Å². The van der Waals surface area contributed by atoms with Crippen molar-refractivity contribution >= 4 is 5.97 Å². The zero-order chi connectivity index (χ0) is 14.1. The molecule has 19 heavy (non-hydrogen) atoms. The van der Waals surface area contributed by atoms with E-state index in [4.69, 9.17) is 0 Å². The maximum atomic E-state index is 11.8. The molecule has 0 saturated heterocycles. The van der Waals surface area contributed by atoms with Crippen LogP contribution in [0.2, 0.25) is 0 Å². The van der Waals surface area contributed by atoms with Crippen LogP contribution in [0.1, 0.15) is 39.2 Å². The molecule has 3 nitrogen and oxygen atoms in total. The van der Waals surface area contributed by atoms with E-state index in [2.05, 4.69) is 19.2 Å². The second kappa shape index (κ2) is 4.97. The van der Waals surface area contributed by atoms with E-state index in [1.54, 1.807) is 0 Å². The van der Waals surface area contributed by atoms with Crippen molar-refractivity contribution in [3.05, 3.63) is 35.9 Å². The predicted molar refractivity (Wildman–Crippen MR) is 75.8 cm³/mol. The van der Waals surface area contributed by atoms with Crippen LogP contribution in [0.3, 0.4) is 0 Å². The maximum absolute atomic E-state index is 11.8. The minimum atomic E-state index is -0.792. The summed E-state index contributed by atoms with van der Waals surface area (Å²) in [6, 6.07) is 9.97. The first-order valence-corrected chi connectivity index (χ1v) is 6.88. The first kappa shape index (κ1) is 14.1. The van der Waals surface area contributed by atoms with Crippen molar-refractivity contribution in [1.82, 2.24) is 5.32 Å². The van der Waals surface area contributed by atoms with Gasteiger partial charge in [-0.25, -0.2) is 0 Å². The molecule has 0 bridgehead atoms. The molecule has 1 aliphatic rings. The standard InChI is InChI=1S/C16H23NO2/c1-12-9-15(2,3)11-16(12,14(18)19)17-10-13-7-5-4-6-8-13/h4-8,12,17H,9-11H2,1-3H3,(H,18,19). The number of nitrogens with one attached hydrogen (secondary N) is 1. The van der Waals surface area contributed by atoms with Gasteiger partial charge in [0.1, 0.15) is 5.54 Å². The lowest BCUT2D eigenvalue weighted by molar-refractivity contribution is -0.146. The van der Waals surface area contributed by atoms with Gasteiger partial charge in [-0.3, -0.25) is 10.1 Å². The molecule has 1 aliphatic carbocycles.